The van der Waals surface area contributed by atoms with Gasteiger partial charge in [0.25, 0.3) is 0 Å². The van der Waals surface area contributed by atoms with Gasteiger partial charge in [0, 0.05) is 0 Å². The van der Waals surface area contributed by atoms with Crippen molar-refractivity contribution in [1.82, 2.24) is 0 Å². The molecule has 0 fully saturated rings. The standard InChI is InChI=1S/C5H6N2O2/c6-2-1-5(9,3-7)4-8/h8-9H,1,4H2. The van der Waals surface area contributed by atoms with E-state index in [1.165, 1.54) is 6.07 Å². The zero-order chi connectivity index (χ0) is 7.33. The minimum absolute atomic E-state index is 0.361. The van der Waals surface area contributed by atoms with Crippen LogP contribution in [-0.2, 0) is 0 Å². The molecule has 1 unspecified atom stereocenters. The Kier molecular flexibility index (Phi) is 2.66. The number of hydrogen-bond donors (Lipinski definition) is 2. The van der Waals surface area contributed by atoms with Crippen LogP contribution in [0.1, 0.15) is 6.42 Å². The summed E-state index contributed by atoms with van der Waals surface area (Å²) in [5, 5.41) is 33.2. The van der Waals surface area contributed by atoms with E-state index in [-0.39, 0.29) is 6.42 Å². The van der Waals surface area contributed by atoms with Gasteiger partial charge in [-0.05, 0) is 0 Å². The Labute approximate surface area is 52.6 Å². The molecule has 0 aliphatic carbocycles. The third kappa shape index (κ3) is 2.09. The second kappa shape index (κ2) is 3.03. The number of rotatable bonds is 2. The van der Waals surface area contributed by atoms with E-state index in [9.17, 15) is 0 Å². The second-order valence-electron chi connectivity index (χ2n) is 1.64. The molecule has 48 valence electrons. The maximum Gasteiger partial charge on any atom is 0.187 e. The quantitative estimate of drug-likeness (QED) is 0.471. The van der Waals surface area contributed by atoms with E-state index < -0.39 is 12.2 Å². The van der Waals surface area contributed by atoms with Crippen LogP contribution in [-0.4, -0.2) is 22.4 Å². The van der Waals surface area contributed by atoms with Crippen LogP contribution in [0.4, 0.5) is 0 Å². The van der Waals surface area contributed by atoms with E-state index in [0.717, 1.165) is 0 Å². The lowest BCUT2D eigenvalue weighted by molar-refractivity contribution is 0.0380. The van der Waals surface area contributed by atoms with Gasteiger partial charge < -0.3 is 10.2 Å². The summed E-state index contributed by atoms with van der Waals surface area (Å²) in [6.07, 6.45) is -0.361. The summed E-state index contributed by atoms with van der Waals surface area (Å²) in [6, 6.07) is 2.99. The normalized spacial score (nSPS) is 15.1. The van der Waals surface area contributed by atoms with Crippen molar-refractivity contribution in [3.63, 3.8) is 0 Å². The summed E-state index contributed by atoms with van der Waals surface area (Å²) in [4.78, 5) is 0. The lowest BCUT2D eigenvalue weighted by atomic mass is 10.1. The van der Waals surface area contributed by atoms with Gasteiger partial charge in [-0.1, -0.05) is 0 Å². The Morgan fingerprint density at radius 2 is 2.00 bits per heavy atom. The Hall–Kier alpha value is -1.10. The van der Waals surface area contributed by atoms with Crippen molar-refractivity contribution in [2.75, 3.05) is 6.61 Å². The zero-order valence-corrected chi connectivity index (χ0v) is 4.70. The third-order valence-electron chi connectivity index (χ3n) is 0.841. The van der Waals surface area contributed by atoms with E-state index in [1.807, 2.05) is 0 Å². The van der Waals surface area contributed by atoms with Crippen molar-refractivity contribution in [3.05, 3.63) is 0 Å². The lowest BCUT2D eigenvalue weighted by Crippen LogP contribution is -2.30. The number of nitriles is 2. The number of aliphatic hydroxyl groups is 2. The van der Waals surface area contributed by atoms with Crippen molar-refractivity contribution in [1.29, 1.82) is 10.5 Å². The molecule has 1 atom stereocenters. The summed E-state index contributed by atoms with van der Waals surface area (Å²) in [5.41, 5.74) is -1.87. The first-order valence-electron chi connectivity index (χ1n) is 2.30. The molecule has 0 amide bonds. The van der Waals surface area contributed by atoms with Gasteiger partial charge in [-0.3, -0.25) is 0 Å². The fourth-order valence-corrected chi connectivity index (χ4v) is 0.262. The van der Waals surface area contributed by atoms with E-state index in [1.54, 1.807) is 6.07 Å². The molecule has 4 heteroatoms. The number of hydrogen-bond acceptors (Lipinski definition) is 4. The van der Waals surface area contributed by atoms with E-state index >= 15 is 0 Å². The van der Waals surface area contributed by atoms with Crippen LogP contribution >= 0.6 is 0 Å². The number of nitrogens with zero attached hydrogens (tertiary/aromatic N) is 2. The highest BCUT2D eigenvalue weighted by atomic mass is 16.3. The highest BCUT2D eigenvalue weighted by Crippen LogP contribution is 2.04. The molecule has 0 aromatic heterocycles. The van der Waals surface area contributed by atoms with E-state index in [0.29, 0.717) is 0 Å². The molecule has 0 aliphatic heterocycles. The largest absolute Gasteiger partial charge is 0.392 e. The maximum absolute atomic E-state index is 8.80. The monoisotopic (exact) mass is 126 g/mol. The fourth-order valence-electron chi connectivity index (χ4n) is 0.262. The van der Waals surface area contributed by atoms with Crippen LogP contribution in [0.25, 0.3) is 0 Å². The summed E-state index contributed by atoms with van der Waals surface area (Å²) in [5.74, 6) is 0. The van der Waals surface area contributed by atoms with Crippen molar-refractivity contribution < 1.29 is 10.2 Å². The van der Waals surface area contributed by atoms with Gasteiger partial charge in [0.15, 0.2) is 5.60 Å². The van der Waals surface area contributed by atoms with Crippen LogP contribution in [0, 0.1) is 22.7 Å². The van der Waals surface area contributed by atoms with Gasteiger partial charge in [0.2, 0.25) is 0 Å². The minimum Gasteiger partial charge on any atom is -0.392 e. The molecule has 0 aromatic carbocycles. The predicted octanol–water partition coefficient (Wildman–Crippen LogP) is -0.853. The average Bonchev–Trinajstić information content (AvgIpc) is 1.89. The fraction of sp³-hybridized carbons (Fsp3) is 0.600. The molecular formula is C5H6N2O2. The molecule has 9 heavy (non-hydrogen) atoms. The van der Waals surface area contributed by atoms with Gasteiger partial charge >= 0.3 is 0 Å². The molecule has 2 N–H and O–H groups in total. The Balaban J connectivity index is 4.01. The first-order chi connectivity index (χ1) is 4.18. The smallest absolute Gasteiger partial charge is 0.187 e. The van der Waals surface area contributed by atoms with Crippen LogP contribution < -0.4 is 0 Å². The van der Waals surface area contributed by atoms with Gasteiger partial charge in [0.05, 0.1) is 19.1 Å². The average molecular weight is 126 g/mol. The molecule has 0 saturated heterocycles. The highest BCUT2D eigenvalue weighted by molar-refractivity contribution is 5.04. The van der Waals surface area contributed by atoms with Crippen LogP contribution in [0.5, 0.6) is 0 Å². The molecule has 0 bridgehead atoms. The minimum atomic E-state index is -1.87. The molecule has 4 nitrogen and oxygen atoms in total. The van der Waals surface area contributed by atoms with E-state index in [4.69, 9.17) is 20.7 Å². The molecule has 0 aromatic rings. The van der Waals surface area contributed by atoms with Gasteiger partial charge in [0.1, 0.15) is 6.07 Å². The van der Waals surface area contributed by atoms with Crippen molar-refractivity contribution >= 4 is 0 Å². The molecule has 0 aliphatic rings. The van der Waals surface area contributed by atoms with Gasteiger partial charge in [-0.15, -0.1) is 0 Å². The molecule has 0 spiro atoms. The molecule has 0 saturated carbocycles. The Morgan fingerprint density at radius 1 is 1.44 bits per heavy atom. The summed E-state index contributed by atoms with van der Waals surface area (Å²) in [6.45, 7) is -0.697. The van der Waals surface area contributed by atoms with Crippen molar-refractivity contribution in [2.24, 2.45) is 0 Å². The van der Waals surface area contributed by atoms with Gasteiger partial charge in [-0.2, -0.15) is 10.5 Å². The molecule has 0 radical (unpaired) electrons. The maximum atomic E-state index is 8.80. The topological polar surface area (TPSA) is 88.0 Å². The van der Waals surface area contributed by atoms with E-state index in [2.05, 4.69) is 0 Å². The molecular weight excluding hydrogens is 120 g/mol. The Morgan fingerprint density at radius 3 is 2.11 bits per heavy atom. The Bertz CT molecular complexity index is 167. The van der Waals surface area contributed by atoms with Crippen LogP contribution in [0.15, 0.2) is 0 Å². The summed E-state index contributed by atoms with van der Waals surface area (Å²) in [7, 11) is 0. The number of aliphatic hydroxyl groups excluding tert-OH is 1. The van der Waals surface area contributed by atoms with Crippen LogP contribution in [0.3, 0.4) is 0 Å². The molecule has 0 rings (SSSR count). The summed E-state index contributed by atoms with van der Waals surface area (Å²) >= 11 is 0. The zero-order valence-electron chi connectivity index (χ0n) is 4.70. The van der Waals surface area contributed by atoms with Crippen molar-refractivity contribution in [2.45, 2.75) is 12.0 Å². The van der Waals surface area contributed by atoms with Gasteiger partial charge in [-0.25, -0.2) is 0 Å². The second-order valence-corrected chi connectivity index (χ2v) is 1.64. The third-order valence-corrected chi connectivity index (χ3v) is 0.841. The predicted molar refractivity (Wildman–Crippen MR) is 27.9 cm³/mol. The first-order valence-corrected chi connectivity index (χ1v) is 2.30. The van der Waals surface area contributed by atoms with Crippen molar-refractivity contribution in [3.8, 4) is 12.1 Å². The van der Waals surface area contributed by atoms with Crippen LogP contribution in [0.2, 0.25) is 0 Å². The summed E-state index contributed by atoms with van der Waals surface area (Å²) < 4.78 is 0. The molecule has 0 heterocycles. The lowest BCUT2D eigenvalue weighted by Gasteiger charge is -2.10. The SMILES string of the molecule is N#CCC(O)(C#N)CO. The highest BCUT2D eigenvalue weighted by Gasteiger charge is 2.24. The first kappa shape index (κ1) is 7.90.